The summed E-state index contributed by atoms with van der Waals surface area (Å²) in [6.07, 6.45) is 0.836. The van der Waals surface area contributed by atoms with E-state index in [1.165, 1.54) is 17.9 Å². The van der Waals surface area contributed by atoms with Crippen molar-refractivity contribution in [1.29, 1.82) is 0 Å². The van der Waals surface area contributed by atoms with E-state index in [0.29, 0.717) is 17.3 Å². The number of aromatic carboxylic acids is 1. The first-order chi connectivity index (χ1) is 17.7. The summed E-state index contributed by atoms with van der Waals surface area (Å²) in [6.45, 7) is 12.2. The molecule has 4 rings (SSSR count). The third-order valence-electron chi connectivity index (χ3n) is 6.90. The molecular formula is C28H32N3NaO7. The molecule has 0 bridgehead atoms. The van der Waals surface area contributed by atoms with Crippen LogP contribution in [0.4, 0.5) is 4.79 Å². The van der Waals surface area contributed by atoms with Crippen LogP contribution in [-0.2, 0) is 14.3 Å². The monoisotopic (exact) mass is 545 g/mol. The van der Waals surface area contributed by atoms with Crippen LogP contribution >= 0.6 is 0 Å². The minimum absolute atomic E-state index is 0. The maximum atomic E-state index is 13.4. The molecule has 39 heavy (non-hydrogen) atoms. The molecule has 0 unspecified atom stereocenters. The molecule has 2 fully saturated rings. The first-order valence-electron chi connectivity index (χ1n) is 12.5. The van der Waals surface area contributed by atoms with E-state index in [9.17, 15) is 24.3 Å². The molecule has 2 heterocycles. The number of aryl methyl sites for hydroxylation is 1. The Balaban J connectivity index is 0.00000420. The van der Waals surface area contributed by atoms with Crippen LogP contribution < -0.4 is 44.7 Å². The van der Waals surface area contributed by atoms with E-state index in [0.717, 1.165) is 5.56 Å². The molecule has 202 valence electrons. The smallest absolute Gasteiger partial charge is 0.543 e. The Bertz CT molecular complexity index is 1340. The fraction of sp³-hybridized carbons (Fsp3) is 0.464. The third kappa shape index (κ3) is 6.45. The molecule has 2 aliphatic rings. The van der Waals surface area contributed by atoms with Gasteiger partial charge in [0.25, 0.3) is 0 Å². The van der Waals surface area contributed by atoms with Crippen LogP contribution in [0.1, 0.15) is 56.6 Å². The van der Waals surface area contributed by atoms with Crippen molar-refractivity contribution in [1.82, 2.24) is 15.2 Å². The number of carbonyl (C=O) groups is 4. The maximum absolute atomic E-state index is 13.4. The van der Waals surface area contributed by atoms with Gasteiger partial charge in [-0.25, -0.2) is 9.78 Å². The molecular weight excluding hydrogens is 513 g/mol. The number of aromatic nitrogens is 1. The molecule has 1 aliphatic heterocycles. The molecule has 0 radical (unpaired) electrons. The second-order valence-corrected chi connectivity index (χ2v) is 11.0. The van der Waals surface area contributed by atoms with Crippen LogP contribution in [0.2, 0.25) is 0 Å². The van der Waals surface area contributed by atoms with Crippen LogP contribution in [0, 0.1) is 12.8 Å². The molecule has 0 spiro atoms. The van der Waals surface area contributed by atoms with Crippen LogP contribution in [0.3, 0.4) is 0 Å². The first-order valence-corrected chi connectivity index (χ1v) is 12.5. The van der Waals surface area contributed by atoms with Crippen LogP contribution in [0.25, 0.3) is 10.9 Å². The molecule has 4 atom stereocenters. The van der Waals surface area contributed by atoms with E-state index in [1.807, 2.05) is 13.0 Å². The average Bonchev–Trinajstić information content (AvgIpc) is 3.37. The van der Waals surface area contributed by atoms with E-state index in [1.54, 1.807) is 39.0 Å². The minimum Gasteiger partial charge on any atom is -0.543 e. The van der Waals surface area contributed by atoms with E-state index in [-0.39, 0.29) is 65.7 Å². The molecule has 2 amide bonds. The van der Waals surface area contributed by atoms with Crippen LogP contribution in [0.5, 0.6) is 5.75 Å². The molecule has 10 nitrogen and oxygen atoms in total. The van der Waals surface area contributed by atoms with Gasteiger partial charge in [0.05, 0.1) is 23.7 Å². The molecule has 2 aromatic rings. The van der Waals surface area contributed by atoms with Crippen molar-refractivity contribution >= 4 is 34.7 Å². The molecule has 11 heteroatoms. The number of pyridine rings is 1. The first kappa shape index (κ1) is 30.6. The summed E-state index contributed by atoms with van der Waals surface area (Å²) in [6, 6.07) is 5.67. The molecule has 1 aromatic carbocycles. The number of amides is 2. The number of carboxylic acid groups (broad SMARTS) is 1. The zero-order valence-electron chi connectivity index (χ0n) is 23.2. The van der Waals surface area contributed by atoms with Crippen molar-refractivity contribution in [3.05, 3.63) is 48.2 Å². The Morgan fingerprint density at radius 1 is 1.23 bits per heavy atom. The summed E-state index contributed by atoms with van der Waals surface area (Å²) < 4.78 is 11.7. The second kappa shape index (κ2) is 11.3. The number of nitrogens with one attached hydrogen (secondary N) is 1. The number of rotatable bonds is 7. The number of Topliss-reactive ketones (excluding diaryl/α,β-unsaturated/α-hetero) is 1. The van der Waals surface area contributed by atoms with Gasteiger partial charge < -0.3 is 24.7 Å². The SMILES string of the molecule is C=C[C@@H]1C[C@]1(NC(=O)[C@@H]1C[C@@H](Oc2cc(C(=O)[O-])nc3cc(C)ccc23)CN1C(=O)OC(C)(C)C)C(C)=O.[Na+]. The fourth-order valence-electron chi connectivity index (χ4n) is 4.85. The summed E-state index contributed by atoms with van der Waals surface area (Å²) in [4.78, 5) is 55.9. The Hall–Kier alpha value is -2.95. The third-order valence-corrected chi connectivity index (χ3v) is 6.90. The van der Waals surface area contributed by atoms with E-state index in [4.69, 9.17) is 9.47 Å². The van der Waals surface area contributed by atoms with Gasteiger partial charge in [0.1, 0.15) is 29.0 Å². The second-order valence-electron chi connectivity index (χ2n) is 11.0. The molecule has 1 aliphatic carbocycles. The van der Waals surface area contributed by atoms with Gasteiger partial charge in [0.2, 0.25) is 5.91 Å². The number of fused-ring (bicyclic) bond motifs is 1. The van der Waals surface area contributed by atoms with Gasteiger partial charge in [0.15, 0.2) is 5.78 Å². The van der Waals surface area contributed by atoms with Crippen molar-refractivity contribution < 1.29 is 63.3 Å². The number of hydrogen-bond acceptors (Lipinski definition) is 8. The number of carbonyl (C=O) groups excluding carboxylic acids is 4. The van der Waals surface area contributed by atoms with E-state index < -0.39 is 41.3 Å². The van der Waals surface area contributed by atoms with Crippen LogP contribution in [-0.4, -0.2) is 63.5 Å². The van der Waals surface area contributed by atoms with Gasteiger partial charge in [-0.1, -0.05) is 12.1 Å². The number of nitrogens with zero attached hydrogens (tertiary/aromatic N) is 2. The topological polar surface area (TPSA) is 138 Å². The van der Waals surface area contributed by atoms with Crippen molar-refractivity contribution in [3.63, 3.8) is 0 Å². The number of ketones is 1. The van der Waals surface area contributed by atoms with Crippen molar-refractivity contribution in [2.24, 2.45) is 5.92 Å². The number of carboxylic acids is 1. The van der Waals surface area contributed by atoms with Crippen molar-refractivity contribution in [2.45, 2.75) is 70.7 Å². The molecule has 1 aromatic heterocycles. The Kier molecular flexibility index (Phi) is 8.84. The minimum atomic E-state index is -1.45. The molecule has 1 saturated heterocycles. The summed E-state index contributed by atoms with van der Waals surface area (Å²) >= 11 is 0. The average molecular weight is 546 g/mol. The molecule has 1 N–H and O–H groups in total. The zero-order chi connectivity index (χ0) is 28.0. The van der Waals surface area contributed by atoms with Gasteiger partial charge in [-0.3, -0.25) is 14.5 Å². The summed E-state index contributed by atoms with van der Waals surface area (Å²) in [7, 11) is 0. The van der Waals surface area contributed by atoms with Crippen molar-refractivity contribution in [3.8, 4) is 5.75 Å². The van der Waals surface area contributed by atoms with Gasteiger partial charge in [-0.2, -0.15) is 0 Å². The standard InChI is InChI=1S/C28H33N3O7.Na/c1-7-17-13-28(17,16(3)32)30-24(33)22-11-18(14-31(22)26(36)38-27(4,5)6)37-23-12-21(25(34)35)29-20-10-15(2)8-9-19(20)23;/h7-10,12,17-18,22H,1,11,13-14H2,2-6H3,(H,30,33)(H,34,35);/q;+1/p-1/t17-,18-,22+,28+;/m1./s1. The van der Waals surface area contributed by atoms with Gasteiger partial charge in [-0.15, -0.1) is 6.58 Å². The van der Waals surface area contributed by atoms with Gasteiger partial charge in [-0.05, 0) is 58.7 Å². The largest absolute Gasteiger partial charge is 1.00 e. The maximum Gasteiger partial charge on any atom is 1.00 e. The predicted molar refractivity (Wildman–Crippen MR) is 136 cm³/mol. The normalized spacial score (nSPS) is 23.9. The van der Waals surface area contributed by atoms with Crippen LogP contribution in [0.15, 0.2) is 36.9 Å². The Morgan fingerprint density at radius 3 is 2.49 bits per heavy atom. The number of hydrogen-bond donors (Lipinski definition) is 1. The zero-order valence-corrected chi connectivity index (χ0v) is 25.2. The summed E-state index contributed by atoms with van der Waals surface area (Å²) in [5.41, 5.74) is -0.810. The summed E-state index contributed by atoms with van der Waals surface area (Å²) in [5, 5.41) is 15.0. The van der Waals surface area contributed by atoms with Gasteiger partial charge in [0, 0.05) is 23.8 Å². The number of likely N-dealkylation sites (tertiary alicyclic amines) is 1. The molecule has 1 saturated carbocycles. The number of benzene rings is 1. The Morgan fingerprint density at radius 2 is 1.92 bits per heavy atom. The number of ether oxygens (including phenoxy) is 2. The van der Waals surface area contributed by atoms with Crippen molar-refractivity contribution in [2.75, 3.05) is 6.54 Å². The van der Waals surface area contributed by atoms with Gasteiger partial charge >= 0.3 is 35.7 Å². The predicted octanol–water partition coefficient (Wildman–Crippen LogP) is -0.683. The summed E-state index contributed by atoms with van der Waals surface area (Å²) in [5.74, 6) is -2.06. The van der Waals surface area contributed by atoms with E-state index >= 15 is 0 Å². The Labute approximate surface area is 249 Å². The fourth-order valence-corrected chi connectivity index (χ4v) is 4.85. The quantitative estimate of drug-likeness (QED) is 0.357. The van der Waals surface area contributed by atoms with E-state index in [2.05, 4.69) is 16.9 Å².